The lowest BCUT2D eigenvalue weighted by molar-refractivity contribution is -0.138. The van der Waals surface area contributed by atoms with E-state index in [0.717, 1.165) is 28.7 Å². The molecule has 0 spiro atoms. The number of nitrogens with zero attached hydrogens (tertiary/aromatic N) is 1. The number of nitrogens with one attached hydrogen (secondary N) is 1. The molecule has 1 unspecified atom stereocenters. The molecule has 21 heavy (non-hydrogen) atoms. The molecule has 1 aromatic heterocycles. The molecule has 1 aliphatic rings. The zero-order valence-corrected chi connectivity index (χ0v) is 14.1. The van der Waals surface area contributed by atoms with Gasteiger partial charge in [-0.15, -0.1) is 11.3 Å². The topological polar surface area (TPSA) is 62.2 Å². The van der Waals surface area contributed by atoms with Gasteiger partial charge in [0, 0.05) is 11.4 Å². The third-order valence-corrected chi connectivity index (χ3v) is 5.28. The lowest BCUT2D eigenvalue weighted by Crippen LogP contribution is -2.23. The van der Waals surface area contributed by atoms with Crippen LogP contribution >= 0.6 is 11.3 Å². The summed E-state index contributed by atoms with van der Waals surface area (Å²) in [5.74, 6) is -1.14. The highest BCUT2D eigenvalue weighted by Crippen LogP contribution is 2.38. The Kier molecular flexibility index (Phi) is 5.25. The Labute approximate surface area is 131 Å². The number of hydrogen-bond donors (Lipinski definition) is 2. The molecule has 0 amide bonds. The summed E-state index contributed by atoms with van der Waals surface area (Å²) in [4.78, 5) is 16.8. The van der Waals surface area contributed by atoms with Gasteiger partial charge < -0.3 is 10.4 Å². The number of carboxylic acid groups (broad SMARTS) is 1. The zero-order chi connectivity index (χ0) is 15.5. The van der Waals surface area contributed by atoms with Crippen LogP contribution in [0.4, 0.5) is 5.13 Å². The highest BCUT2D eigenvalue weighted by Gasteiger charge is 2.32. The van der Waals surface area contributed by atoms with Gasteiger partial charge in [0.1, 0.15) is 5.92 Å². The molecule has 1 heterocycles. The molecule has 2 rings (SSSR count). The predicted molar refractivity (Wildman–Crippen MR) is 87.2 cm³/mol. The fourth-order valence-corrected chi connectivity index (χ4v) is 3.83. The largest absolute Gasteiger partial charge is 0.481 e. The quantitative estimate of drug-likeness (QED) is 0.704. The molecule has 0 radical (unpaired) electrons. The number of thiazole rings is 1. The van der Waals surface area contributed by atoms with Gasteiger partial charge >= 0.3 is 5.97 Å². The number of carboxylic acids is 1. The normalized spacial score (nSPS) is 17.8. The lowest BCUT2D eigenvalue weighted by Gasteiger charge is -2.24. The van der Waals surface area contributed by atoms with E-state index in [-0.39, 0.29) is 5.41 Å². The second kappa shape index (κ2) is 6.77. The van der Waals surface area contributed by atoms with E-state index in [1.165, 1.54) is 25.7 Å². The summed E-state index contributed by atoms with van der Waals surface area (Å²) in [5.41, 5.74) is 1.04. The van der Waals surface area contributed by atoms with E-state index in [9.17, 15) is 9.90 Å². The fraction of sp³-hybridized carbons (Fsp3) is 0.750. The van der Waals surface area contributed by atoms with Gasteiger partial charge in [-0.2, -0.15) is 0 Å². The standard InChI is InChI=1S/C16H26N2O2S/c1-4-5-6-9-16(2,3)10-17-15-18-13-11(14(19)20)7-8-12(13)21-15/h11H,4-10H2,1-3H3,(H,17,18)(H,19,20). The number of hydrogen-bond acceptors (Lipinski definition) is 4. The number of unbranched alkanes of at least 4 members (excludes halogenated alkanes) is 2. The Hall–Kier alpha value is -1.10. The van der Waals surface area contributed by atoms with Crippen LogP contribution in [-0.4, -0.2) is 22.6 Å². The second-order valence-electron chi connectivity index (χ2n) is 6.73. The SMILES string of the molecule is CCCCCC(C)(C)CNc1nc2c(s1)CCC2C(=O)O. The number of carbonyl (C=O) groups is 1. The van der Waals surface area contributed by atoms with Crippen LogP contribution in [0.2, 0.25) is 0 Å². The van der Waals surface area contributed by atoms with Crippen molar-refractivity contribution in [2.24, 2.45) is 5.41 Å². The van der Waals surface area contributed by atoms with E-state index in [1.807, 2.05) is 0 Å². The zero-order valence-electron chi connectivity index (χ0n) is 13.2. The number of aliphatic carboxylic acids is 1. The first-order chi connectivity index (χ1) is 9.93. The van der Waals surface area contributed by atoms with Gasteiger partial charge in [0.15, 0.2) is 5.13 Å². The average molecular weight is 310 g/mol. The minimum Gasteiger partial charge on any atom is -0.481 e. The molecule has 0 saturated heterocycles. The fourth-order valence-electron chi connectivity index (χ4n) is 2.80. The third-order valence-electron chi connectivity index (χ3n) is 4.19. The molecule has 0 saturated carbocycles. The van der Waals surface area contributed by atoms with Crippen molar-refractivity contribution in [3.63, 3.8) is 0 Å². The van der Waals surface area contributed by atoms with Crippen LogP contribution in [0.3, 0.4) is 0 Å². The highest BCUT2D eigenvalue weighted by atomic mass is 32.1. The van der Waals surface area contributed by atoms with Crippen molar-refractivity contribution >= 4 is 22.4 Å². The maximum Gasteiger partial charge on any atom is 0.312 e. The Balaban J connectivity index is 1.90. The molecule has 4 nitrogen and oxygen atoms in total. The molecule has 0 fully saturated rings. The highest BCUT2D eigenvalue weighted by molar-refractivity contribution is 7.15. The second-order valence-corrected chi connectivity index (χ2v) is 7.82. The maximum atomic E-state index is 11.2. The third kappa shape index (κ3) is 4.19. The number of rotatable bonds is 8. The Morgan fingerprint density at radius 3 is 2.90 bits per heavy atom. The number of aromatic nitrogens is 1. The van der Waals surface area contributed by atoms with E-state index in [4.69, 9.17) is 0 Å². The van der Waals surface area contributed by atoms with Crippen molar-refractivity contribution in [3.8, 4) is 0 Å². The van der Waals surface area contributed by atoms with Crippen LogP contribution in [0, 0.1) is 5.41 Å². The average Bonchev–Trinajstić information content (AvgIpc) is 2.95. The van der Waals surface area contributed by atoms with Crippen LogP contribution in [0.15, 0.2) is 0 Å². The van der Waals surface area contributed by atoms with Crippen LogP contribution in [-0.2, 0) is 11.2 Å². The number of fused-ring (bicyclic) bond motifs is 1. The summed E-state index contributed by atoms with van der Waals surface area (Å²) >= 11 is 1.63. The van der Waals surface area contributed by atoms with E-state index < -0.39 is 11.9 Å². The Morgan fingerprint density at radius 2 is 2.24 bits per heavy atom. The molecule has 1 aromatic rings. The first-order valence-electron chi connectivity index (χ1n) is 7.89. The molecule has 0 bridgehead atoms. The summed E-state index contributed by atoms with van der Waals surface area (Å²) in [5, 5.41) is 13.5. The molecule has 1 atom stereocenters. The summed E-state index contributed by atoms with van der Waals surface area (Å²) < 4.78 is 0. The van der Waals surface area contributed by atoms with E-state index >= 15 is 0 Å². The van der Waals surface area contributed by atoms with Crippen molar-refractivity contribution in [2.75, 3.05) is 11.9 Å². The van der Waals surface area contributed by atoms with E-state index in [2.05, 4.69) is 31.1 Å². The van der Waals surface area contributed by atoms with Gasteiger partial charge in [0.25, 0.3) is 0 Å². The van der Waals surface area contributed by atoms with Crippen molar-refractivity contribution in [1.82, 2.24) is 4.98 Å². The number of anilines is 1. The minimum atomic E-state index is -0.745. The monoisotopic (exact) mass is 310 g/mol. The molecular weight excluding hydrogens is 284 g/mol. The van der Waals surface area contributed by atoms with Crippen LogP contribution < -0.4 is 5.32 Å². The first-order valence-corrected chi connectivity index (χ1v) is 8.71. The predicted octanol–water partition coefficient (Wildman–Crippen LogP) is 4.28. The molecule has 1 aliphatic carbocycles. The Bertz CT molecular complexity index is 496. The molecular formula is C16H26N2O2S. The summed E-state index contributed by atoms with van der Waals surface area (Å²) in [6.45, 7) is 7.66. The molecule has 118 valence electrons. The van der Waals surface area contributed by atoms with Gasteiger partial charge in [0.2, 0.25) is 0 Å². The van der Waals surface area contributed by atoms with Crippen molar-refractivity contribution in [1.29, 1.82) is 0 Å². The lowest BCUT2D eigenvalue weighted by atomic mass is 9.87. The van der Waals surface area contributed by atoms with Gasteiger partial charge in [-0.25, -0.2) is 4.98 Å². The van der Waals surface area contributed by atoms with Gasteiger partial charge in [-0.1, -0.05) is 40.0 Å². The first kappa shape index (κ1) is 16.3. The van der Waals surface area contributed by atoms with Crippen molar-refractivity contribution in [3.05, 3.63) is 10.6 Å². The van der Waals surface area contributed by atoms with Crippen molar-refractivity contribution < 1.29 is 9.90 Å². The molecule has 0 aliphatic heterocycles. The van der Waals surface area contributed by atoms with Crippen LogP contribution in [0.25, 0.3) is 0 Å². The van der Waals surface area contributed by atoms with Crippen LogP contribution in [0.5, 0.6) is 0 Å². The van der Waals surface area contributed by atoms with Crippen molar-refractivity contribution in [2.45, 2.75) is 65.2 Å². The maximum absolute atomic E-state index is 11.2. The summed E-state index contributed by atoms with van der Waals surface area (Å²) in [6.07, 6.45) is 6.56. The molecule has 0 aromatic carbocycles. The van der Waals surface area contributed by atoms with Gasteiger partial charge in [-0.3, -0.25) is 4.79 Å². The van der Waals surface area contributed by atoms with E-state index in [0.29, 0.717) is 6.42 Å². The molecule has 2 N–H and O–H groups in total. The van der Waals surface area contributed by atoms with E-state index in [1.54, 1.807) is 11.3 Å². The Morgan fingerprint density at radius 1 is 1.48 bits per heavy atom. The van der Waals surface area contributed by atoms with Gasteiger partial charge in [0.05, 0.1) is 5.69 Å². The molecule has 5 heteroatoms. The number of aryl methyl sites for hydroxylation is 1. The summed E-state index contributed by atoms with van der Waals surface area (Å²) in [7, 11) is 0. The van der Waals surface area contributed by atoms with Gasteiger partial charge in [-0.05, 0) is 24.7 Å². The summed E-state index contributed by atoms with van der Waals surface area (Å²) in [6, 6.07) is 0. The van der Waals surface area contributed by atoms with Crippen LogP contribution in [0.1, 0.15) is 69.4 Å². The minimum absolute atomic E-state index is 0.248. The smallest absolute Gasteiger partial charge is 0.312 e.